The van der Waals surface area contributed by atoms with Gasteiger partial charge in [0.15, 0.2) is 11.5 Å². The maximum absolute atomic E-state index is 12.8. The molecule has 1 aromatic carbocycles. The van der Waals surface area contributed by atoms with Gasteiger partial charge in [0.05, 0.1) is 26.6 Å². The van der Waals surface area contributed by atoms with Crippen LogP contribution in [-0.2, 0) is 35.0 Å². The molecule has 0 amide bonds. The van der Waals surface area contributed by atoms with Crippen molar-refractivity contribution in [2.24, 2.45) is 22.5 Å². The van der Waals surface area contributed by atoms with Gasteiger partial charge in [0, 0.05) is 12.8 Å². The number of esters is 3. The molecule has 2 unspecified atom stereocenters. The lowest BCUT2D eigenvalue weighted by Crippen LogP contribution is -2.53. The Kier molecular flexibility index (Phi) is 13.3. The Labute approximate surface area is 244 Å². The second-order valence-corrected chi connectivity index (χ2v) is 13.2. The van der Waals surface area contributed by atoms with Gasteiger partial charge >= 0.3 is 24.1 Å². The molecule has 0 bridgehead atoms. The number of rotatable bonds is 13. The van der Waals surface area contributed by atoms with Crippen molar-refractivity contribution in [3.63, 3.8) is 0 Å². The third kappa shape index (κ3) is 13.9. The maximum atomic E-state index is 12.8. The molecule has 10 heteroatoms. The quantitative estimate of drug-likeness (QED) is 0.226. The number of carbonyl (C=O) groups is 4. The summed E-state index contributed by atoms with van der Waals surface area (Å²) in [5, 5.41) is 0. The highest BCUT2D eigenvalue weighted by Crippen LogP contribution is 2.33. The first kappa shape index (κ1) is 35.9. The van der Waals surface area contributed by atoms with Crippen LogP contribution >= 0.6 is 0 Å². The molecular weight excluding hydrogens is 530 g/mol. The largest absolute Gasteiger partial charge is 0.508 e. The molecule has 0 radical (unpaired) electrons. The topological polar surface area (TPSA) is 140 Å². The van der Waals surface area contributed by atoms with Crippen molar-refractivity contribution in [1.29, 1.82) is 0 Å². The highest BCUT2D eigenvalue weighted by Gasteiger charge is 2.38. The van der Waals surface area contributed by atoms with E-state index in [1.165, 1.54) is 19.2 Å². The second kappa shape index (κ2) is 15.2. The molecule has 0 heterocycles. The molecule has 0 aliphatic rings. The minimum absolute atomic E-state index is 0.0316. The maximum Gasteiger partial charge on any atom is 0.508 e. The first-order valence-corrected chi connectivity index (χ1v) is 14.0. The minimum atomic E-state index is -1.59. The van der Waals surface area contributed by atoms with Crippen LogP contribution in [0.5, 0.6) is 11.5 Å². The van der Waals surface area contributed by atoms with Gasteiger partial charge in [0.25, 0.3) is 0 Å². The van der Waals surface area contributed by atoms with Gasteiger partial charge in [-0.05, 0) is 41.4 Å². The summed E-state index contributed by atoms with van der Waals surface area (Å²) in [6.07, 6.45) is -0.619. The summed E-state index contributed by atoms with van der Waals surface area (Å²) >= 11 is 0. The second-order valence-electron chi connectivity index (χ2n) is 13.2. The van der Waals surface area contributed by atoms with Gasteiger partial charge in [-0.15, -0.1) is 0 Å². The molecule has 1 rings (SSSR count). The van der Waals surface area contributed by atoms with Gasteiger partial charge < -0.3 is 29.4 Å². The molecule has 0 spiro atoms. The van der Waals surface area contributed by atoms with Crippen LogP contribution in [0.3, 0.4) is 0 Å². The van der Waals surface area contributed by atoms with Gasteiger partial charge in [-0.3, -0.25) is 14.4 Å². The third-order valence-corrected chi connectivity index (χ3v) is 6.05. The van der Waals surface area contributed by atoms with E-state index in [0.717, 1.165) is 6.42 Å². The molecule has 232 valence electrons. The highest BCUT2D eigenvalue weighted by atomic mass is 16.7. The SMILES string of the molecule is CCC(C)COC(=O)O[C@@H](C)CC(N)(Cc1ccc(OC(=O)CC(C)(C)C)c(OC(=O)CC(C)(C)C)c1)C(=O)OC. The molecule has 3 atom stereocenters. The van der Waals surface area contributed by atoms with Crippen LogP contribution in [0.25, 0.3) is 0 Å². The number of hydrogen-bond donors (Lipinski definition) is 1. The van der Waals surface area contributed by atoms with Crippen molar-refractivity contribution in [3.05, 3.63) is 23.8 Å². The van der Waals surface area contributed by atoms with Crippen molar-refractivity contribution in [1.82, 2.24) is 0 Å². The Balaban J connectivity index is 3.24. The van der Waals surface area contributed by atoms with E-state index < -0.39 is 35.7 Å². The summed E-state index contributed by atoms with van der Waals surface area (Å²) in [5.74, 6) is -1.41. The summed E-state index contributed by atoms with van der Waals surface area (Å²) in [7, 11) is 1.22. The lowest BCUT2D eigenvalue weighted by Gasteiger charge is -2.29. The number of benzene rings is 1. The molecule has 0 fully saturated rings. The van der Waals surface area contributed by atoms with Gasteiger partial charge in [-0.25, -0.2) is 4.79 Å². The molecule has 1 aromatic rings. The molecule has 41 heavy (non-hydrogen) atoms. The van der Waals surface area contributed by atoms with E-state index in [0.29, 0.717) is 5.56 Å². The predicted molar refractivity (Wildman–Crippen MR) is 154 cm³/mol. The number of ether oxygens (including phenoxy) is 5. The zero-order valence-corrected chi connectivity index (χ0v) is 26.4. The zero-order valence-electron chi connectivity index (χ0n) is 26.4. The van der Waals surface area contributed by atoms with Crippen molar-refractivity contribution < 1.29 is 42.9 Å². The Morgan fingerprint density at radius 3 is 1.90 bits per heavy atom. The van der Waals surface area contributed by atoms with Crippen LogP contribution < -0.4 is 15.2 Å². The minimum Gasteiger partial charge on any atom is -0.468 e. The van der Waals surface area contributed by atoms with Crippen LogP contribution in [-0.4, -0.2) is 49.4 Å². The fourth-order valence-corrected chi connectivity index (χ4v) is 3.89. The van der Waals surface area contributed by atoms with Crippen molar-refractivity contribution in [3.8, 4) is 11.5 Å². The van der Waals surface area contributed by atoms with Crippen molar-refractivity contribution >= 4 is 24.1 Å². The summed E-state index contributed by atoms with van der Waals surface area (Å²) in [6.45, 7) is 17.2. The van der Waals surface area contributed by atoms with Crippen LogP contribution in [0.2, 0.25) is 0 Å². The van der Waals surface area contributed by atoms with Crippen LogP contribution in [0, 0.1) is 16.7 Å². The number of methoxy groups -OCH3 is 1. The van der Waals surface area contributed by atoms with Crippen LogP contribution in [0.1, 0.15) is 93.6 Å². The molecule has 0 saturated carbocycles. The van der Waals surface area contributed by atoms with Crippen molar-refractivity contribution in [2.75, 3.05) is 13.7 Å². The Bertz CT molecular complexity index is 1050. The summed E-state index contributed by atoms with van der Waals surface area (Å²) in [5.41, 5.74) is 4.81. The Morgan fingerprint density at radius 2 is 1.41 bits per heavy atom. The number of hydrogen-bond acceptors (Lipinski definition) is 10. The zero-order chi connectivity index (χ0) is 31.6. The molecule has 0 aromatic heterocycles. The van der Waals surface area contributed by atoms with Crippen LogP contribution in [0.4, 0.5) is 4.79 Å². The Morgan fingerprint density at radius 1 is 0.878 bits per heavy atom. The molecule has 0 aliphatic heterocycles. The third-order valence-electron chi connectivity index (χ3n) is 6.05. The van der Waals surface area contributed by atoms with E-state index in [1.54, 1.807) is 13.0 Å². The average molecular weight is 580 g/mol. The number of nitrogens with two attached hydrogens (primary N) is 1. The van der Waals surface area contributed by atoms with E-state index in [-0.39, 0.29) is 60.5 Å². The molecule has 0 saturated heterocycles. The van der Waals surface area contributed by atoms with E-state index in [2.05, 4.69) is 0 Å². The van der Waals surface area contributed by atoms with Gasteiger partial charge in [0.2, 0.25) is 0 Å². The van der Waals surface area contributed by atoms with Crippen LogP contribution in [0.15, 0.2) is 18.2 Å². The van der Waals surface area contributed by atoms with Gasteiger partial charge in [-0.1, -0.05) is 67.9 Å². The highest BCUT2D eigenvalue weighted by molar-refractivity contribution is 5.81. The average Bonchev–Trinajstić information content (AvgIpc) is 2.80. The van der Waals surface area contributed by atoms with E-state index in [4.69, 9.17) is 29.4 Å². The van der Waals surface area contributed by atoms with Gasteiger partial charge in [0.1, 0.15) is 11.6 Å². The number of carbonyl (C=O) groups excluding carboxylic acids is 4. The molecule has 0 aliphatic carbocycles. The predicted octanol–water partition coefficient (Wildman–Crippen LogP) is 5.76. The Hall–Kier alpha value is -3.14. The molecule has 10 nitrogen and oxygen atoms in total. The monoisotopic (exact) mass is 579 g/mol. The first-order chi connectivity index (χ1) is 18.8. The lowest BCUT2D eigenvalue weighted by molar-refractivity contribution is -0.148. The van der Waals surface area contributed by atoms with Gasteiger partial charge in [-0.2, -0.15) is 0 Å². The van der Waals surface area contributed by atoms with E-state index in [9.17, 15) is 19.2 Å². The van der Waals surface area contributed by atoms with E-state index in [1.807, 2.05) is 55.4 Å². The standard InChI is InChI=1S/C31H49NO9/c1-11-20(2)19-38-28(36)39-21(3)15-31(32,27(35)37-10)16-22-12-13-23(40-25(33)17-29(4,5)6)24(14-22)41-26(34)18-30(7,8)9/h12-14,20-21H,11,15-19,32H2,1-10H3/t20?,21-,31?/m0/s1. The first-order valence-electron chi connectivity index (χ1n) is 14.0. The fourth-order valence-electron chi connectivity index (χ4n) is 3.89. The smallest absolute Gasteiger partial charge is 0.468 e. The van der Waals surface area contributed by atoms with Crippen molar-refractivity contribution in [2.45, 2.75) is 106 Å². The normalized spacial score (nSPS) is 14.7. The fraction of sp³-hybridized carbons (Fsp3) is 0.677. The molecule has 2 N–H and O–H groups in total. The lowest BCUT2D eigenvalue weighted by atomic mass is 9.86. The molecular formula is C31H49NO9. The van der Waals surface area contributed by atoms with E-state index >= 15 is 0 Å². The summed E-state index contributed by atoms with van der Waals surface area (Å²) < 4.78 is 26.6. The summed E-state index contributed by atoms with van der Waals surface area (Å²) in [4.78, 5) is 50.2. The summed E-state index contributed by atoms with van der Waals surface area (Å²) in [6, 6.07) is 4.63.